The molecule has 21 heavy (non-hydrogen) atoms. The fraction of sp³-hybridized carbons (Fsp3) is 0.471. The van der Waals surface area contributed by atoms with Gasteiger partial charge in [0.15, 0.2) is 0 Å². The molecule has 2 aromatic rings. The quantitative estimate of drug-likeness (QED) is 0.719. The van der Waals surface area contributed by atoms with Crippen molar-refractivity contribution in [1.29, 1.82) is 0 Å². The van der Waals surface area contributed by atoms with E-state index in [-0.39, 0.29) is 0 Å². The summed E-state index contributed by atoms with van der Waals surface area (Å²) in [7, 11) is 0. The molecule has 0 aromatic carbocycles. The molecule has 1 N–H and O–H groups in total. The maximum Gasteiger partial charge on any atom is 0.118 e. The van der Waals surface area contributed by atoms with Gasteiger partial charge in [0, 0.05) is 12.7 Å². The molecule has 2 heterocycles. The molecular formula is C17H25N3O. The van der Waals surface area contributed by atoms with Crippen LogP contribution in [0.15, 0.2) is 40.9 Å². The third kappa shape index (κ3) is 5.33. The van der Waals surface area contributed by atoms with Gasteiger partial charge in [-0.1, -0.05) is 19.9 Å². The van der Waals surface area contributed by atoms with Crippen LogP contribution in [0.25, 0.3) is 0 Å². The molecule has 4 nitrogen and oxygen atoms in total. The highest BCUT2D eigenvalue weighted by molar-refractivity contribution is 5.08. The molecule has 0 radical (unpaired) electrons. The van der Waals surface area contributed by atoms with E-state index in [9.17, 15) is 0 Å². The summed E-state index contributed by atoms with van der Waals surface area (Å²) in [5.74, 6) is 2.02. The van der Waals surface area contributed by atoms with Crippen LogP contribution in [0, 0.1) is 0 Å². The van der Waals surface area contributed by atoms with Gasteiger partial charge in [0.25, 0.3) is 0 Å². The van der Waals surface area contributed by atoms with E-state index in [0.29, 0.717) is 0 Å². The Balaban J connectivity index is 1.86. The van der Waals surface area contributed by atoms with Crippen molar-refractivity contribution in [1.82, 2.24) is 15.2 Å². The van der Waals surface area contributed by atoms with Gasteiger partial charge >= 0.3 is 0 Å². The summed E-state index contributed by atoms with van der Waals surface area (Å²) >= 11 is 0. The van der Waals surface area contributed by atoms with Crippen molar-refractivity contribution in [3.8, 4) is 0 Å². The molecule has 0 spiro atoms. The molecule has 0 saturated heterocycles. The maximum absolute atomic E-state index is 5.88. The van der Waals surface area contributed by atoms with E-state index >= 15 is 0 Å². The fourth-order valence-corrected chi connectivity index (χ4v) is 2.21. The maximum atomic E-state index is 5.88. The smallest absolute Gasteiger partial charge is 0.118 e. The second-order valence-electron chi connectivity index (χ2n) is 5.17. The van der Waals surface area contributed by atoms with Crippen molar-refractivity contribution in [2.75, 3.05) is 13.1 Å². The lowest BCUT2D eigenvalue weighted by Crippen LogP contribution is -2.22. The third-order valence-corrected chi connectivity index (χ3v) is 3.38. The molecule has 2 rings (SSSR count). The van der Waals surface area contributed by atoms with Crippen LogP contribution in [-0.2, 0) is 19.6 Å². The topological polar surface area (TPSA) is 41.3 Å². The van der Waals surface area contributed by atoms with Crippen molar-refractivity contribution in [2.45, 2.75) is 39.9 Å². The SMILES string of the molecule is CCCNCc1ccc(CN(CC)Cc2ccccn2)o1. The van der Waals surface area contributed by atoms with Crippen molar-refractivity contribution in [2.24, 2.45) is 0 Å². The molecule has 0 aliphatic rings. The average molecular weight is 287 g/mol. The lowest BCUT2D eigenvalue weighted by atomic mass is 10.3. The predicted molar refractivity (Wildman–Crippen MR) is 84.7 cm³/mol. The van der Waals surface area contributed by atoms with Gasteiger partial charge in [-0.3, -0.25) is 9.88 Å². The number of nitrogens with one attached hydrogen (secondary N) is 1. The van der Waals surface area contributed by atoms with Crippen LogP contribution >= 0.6 is 0 Å². The Bertz CT molecular complexity index is 510. The highest BCUT2D eigenvalue weighted by Crippen LogP contribution is 2.12. The van der Waals surface area contributed by atoms with Gasteiger partial charge in [0.2, 0.25) is 0 Å². The molecule has 0 atom stereocenters. The van der Waals surface area contributed by atoms with E-state index in [0.717, 1.165) is 56.4 Å². The predicted octanol–water partition coefficient (Wildman–Crippen LogP) is 3.20. The van der Waals surface area contributed by atoms with Gasteiger partial charge in [-0.15, -0.1) is 0 Å². The highest BCUT2D eigenvalue weighted by atomic mass is 16.3. The van der Waals surface area contributed by atoms with Crippen LogP contribution < -0.4 is 5.32 Å². The third-order valence-electron chi connectivity index (χ3n) is 3.38. The van der Waals surface area contributed by atoms with Crippen LogP contribution in [0.4, 0.5) is 0 Å². The average Bonchev–Trinajstić information content (AvgIpc) is 2.95. The number of furan rings is 1. The monoisotopic (exact) mass is 287 g/mol. The summed E-state index contributed by atoms with van der Waals surface area (Å²) in [4.78, 5) is 6.70. The van der Waals surface area contributed by atoms with Crippen molar-refractivity contribution in [3.63, 3.8) is 0 Å². The number of hydrogen-bond acceptors (Lipinski definition) is 4. The summed E-state index contributed by atoms with van der Waals surface area (Å²) in [5, 5.41) is 3.35. The standard InChI is InChI=1S/C17H25N3O/c1-3-10-18-12-16-8-9-17(21-16)14-20(4-2)13-15-7-5-6-11-19-15/h5-9,11,18H,3-4,10,12-14H2,1-2H3. The molecule has 0 fully saturated rings. The van der Waals surface area contributed by atoms with Crippen molar-refractivity contribution >= 4 is 0 Å². The minimum Gasteiger partial charge on any atom is -0.463 e. The molecule has 0 aliphatic heterocycles. The Kier molecular flexibility index (Phi) is 6.44. The van der Waals surface area contributed by atoms with Crippen LogP contribution in [0.5, 0.6) is 0 Å². The Morgan fingerprint density at radius 2 is 1.95 bits per heavy atom. The number of pyridine rings is 1. The van der Waals surface area contributed by atoms with Crippen molar-refractivity contribution in [3.05, 3.63) is 53.7 Å². The zero-order valence-corrected chi connectivity index (χ0v) is 13.0. The van der Waals surface area contributed by atoms with Crippen molar-refractivity contribution < 1.29 is 4.42 Å². The van der Waals surface area contributed by atoms with Gasteiger partial charge in [0.05, 0.1) is 18.8 Å². The zero-order chi connectivity index (χ0) is 14.9. The summed E-state index contributed by atoms with van der Waals surface area (Å²) < 4.78 is 5.88. The van der Waals surface area contributed by atoms with E-state index in [1.165, 1.54) is 0 Å². The zero-order valence-electron chi connectivity index (χ0n) is 13.0. The summed E-state index contributed by atoms with van der Waals surface area (Å²) in [6.07, 6.45) is 2.98. The molecule has 4 heteroatoms. The molecule has 0 amide bonds. The molecule has 0 aliphatic carbocycles. The molecule has 0 unspecified atom stereocenters. The first-order chi connectivity index (χ1) is 10.3. The molecular weight excluding hydrogens is 262 g/mol. The summed E-state index contributed by atoms with van der Waals surface area (Å²) in [5.41, 5.74) is 1.09. The van der Waals surface area contributed by atoms with E-state index in [1.807, 2.05) is 18.3 Å². The Morgan fingerprint density at radius 3 is 2.67 bits per heavy atom. The minimum absolute atomic E-state index is 0.806. The molecule has 0 saturated carbocycles. The van der Waals surface area contributed by atoms with E-state index in [4.69, 9.17) is 4.42 Å². The van der Waals surface area contributed by atoms with Crippen LogP contribution in [0.3, 0.4) is 0 Å². The molecule has 2 aromatic heterocycles. The Labute approximate surface area is 127 Å². The lowest BCUT2D eigenvalue weighted by Gasteiger charge is -2.18. The second kappa shape index (κ2) is 8.60. The first-order valence-electron chi connectivity index (χ1n) is 7.72. The van der Waals surface area contributed by atoms with Crippen LogP contribution in [0.1, 0.15) is 37.5 Å². The first-order valence-corrected chi connectivity index (χ1v) is 7.72. The molecule has 114 valence electrons. The van der Waals surface area contributed by atoms with E-state index in [2.05, 4.69) is 47.2 Å². The highest BCUT2D eigenvalue weighted by Gasteiger charge is 2.09. The van der Waals surface area contributed by atoms with Gasteiger partial charge in [-0.05, 0) is 43.8 Å². The van der Waals surface area contributed by atoms with E-state index in [1.54, 1.807) is 0 Å². The van der Waals surface area contributed by atoms with E-state index < -0.39 is 0 Å². The largest absolute Gasteiger partial charge is 0.463 e. The number of nitrogens with zero attached hydrogens (tertiary/aromatic N) is 2. The van der Waals surface area contributed by atoms with Gasteiger partial charge < -0.3 is 9.73 Å². The Hall–Kier alpha value is -1.65. The van der Waals surface area contributed by atoms with Crippen LogP contribution in [-0.4, -0.2) is 23.0 Å². The summed E-state index contributed by atoms with van der Waals surface area (Å²) in [6, 6.07) is 10.2. The van der Waals surface area contributed by atoms with Crippen LogP contribution in [0.2, 0.25) is 0 Å². The summed E-state index contributed by atoms with van der Waals surface area (Å²) in [6.45, 7) is 8.80. The number of rotatable bonds is 9. The van der Waals surface area contributed by atoms with Gasteiger partial charge in [-0.25, -0.2) is 0 Å². The first kappa shape index (κ1) is 15.7. The number of aromatic nitrogens is 1. The molecule has 0 bridgehead atoms. The normalized spacial score (nSPS) is 11.2. The van der Waals surface area contributed by atoms with Gasteiger partial charge in [0.1, 0.15) is 11.5 Å². The second-order valence-corrected chi connectivity index (χ2v) is 5.17. The lowest BCUT2D eigenvalue weighted by molar-refractivity contribution is 0.242. The fourth-order valence-electron chi connectivity index (χ4n) is 2.21. The van der Waals surface area contributed by atoms with Gasteiger partial charge in [-0.2, -0.15) is 0 Å². The Morgan fingerprint density at radius 1 is 1.10 bits per heavy atom. The minimum atomic E-state index is 0.806. The number of hydrogen-bond donors (Lipinski definition) is 1.